The number of aliphatic hydroxyl groups is 2. The van der Waals surface area contributed by atoms with E-state index < -0.39 is 83.3 Å². The van der Waals surface area contributed by atoms with E-state index in [9.17, 15) is 53.2 Å². The van der Waals surface area contributed by atoms with Gasteiger partial charge < -0.3 is 34.5 Å². The fourth-order valence-corrected chi connectivity index (χ4v) is 4.90. The Balaban J connectivity index is 2.12. The van der Waals surface area contributed by atoms with E-state index in [1.54, 1.807) is 12.2 Å². The molecule has 6 atom stereocenters. The number of unbranched alkanes of at least 4 members (excludes halogenated alkanes) is 1. The highest BCUT2D eigenvalue weighted by Crippen LogP contribution is 2.36. The molecule has 0 radical (unpaired) electrons. The molecule has 0 aromatic heterocycles. The van der Waals surface area contributed by atoms with Crippen LogP contribution in [0.2, 0.25) is 0 Å². The van der Waals surface area contributed by atoms with Crippen molar-refractivity contribution < 1.29 is 67.4 Å². The van der Waals surface area contributed by atoms with E-state index in [0.717, 1.165) is 18.2 Å². The second-order valence-corrected chi connectivity index (χ2v) is 10.7. The molecule has 1 saturated carbocycles. The van der Waals surface area contributed by atoms with Crippen molar-refractivity contribution in [2.24, 2.45) is 11.8 Å². The van der Waals surface area contributed by atoms with Crippen molar-refractivity contribution in [1.29, 1.82) is 0 Å². The number of nitrogens with zero attached hydrogens (tertiary/aromatic N) is 2. The molecule has 2 rings (SSSR count). The summed E-state index contributed by atoms with van der Waals surface area (Å²) in [5, 5.41) is 48.6. The van der Waals surface area contributed by atoms with Crippen LogP contribution in [-0.2, 0) is 30.2 Å². The smallest absolute Gasteiger partial charge is 0.416 e. The van der Waals surface area contributed by atoms with Crippen LogP contribution in [-0.4, -0.2) is 75.1 Å². The first-order chi connectivity index (χ1) is 22.1. The standard InChI is InChI=1S/C29H37F3N2O13/c30-29(31,32)19-7-5-8-20(15-19)44-17-21(46-28(39)12-6-9-22(47-34(42)43)18-45-33(40)41)13-14-24-23(25(35)16-26(24)36)10-3-1-2-4-11-27(37)38/h1,3,5,7-8,13-15,21-26,35-36H,2,4,6,9-12,16-18H2,(H,37,38)/b3-1-,14-13+/t21-,22+,23-,24-,25+,26-/m1/s1. The summed E-state index contributed by atoms with van der Waals surface area (Å²) in [5.74, 6) is -2.97. The van der Waals surface area contributed by atoms with Crippen molar-refractivity contribution >= 4 is 11.9 Å². The Morgan fingerprint density at radius 2 is 1.79 bits per heavy atom. The summed E-state index contributed by atoms with van der Waals surface area (Å²) >= 11 is 0. The Hall–Kier alpha value is -4.45. The summed E-state index contributed by atoms with van der Waals surface area (Å²) in [6, 6.07) is 4.03. The minimum absolute atomic E-state index is 0.00635. The van der Waals surface area contributed by atoms with E-state index in [1.807, 2.05) is 0 Å². The van der Waals surface area contributed by atoms with Crippen LogP contribution >= 0.6 is 0 Å². The summed E-state index contributed by atoms with van der Waals surface area (Å²) in [6.45, 7) is -1.19. The Morgan fingerprint density at radius 3 is 2.45 bits per heavy atom. The molecule has 0 saturated heterocycles. The number of aliphatic hydroxyl groups excluding tert-OH is 2. The topological polar surface area (TPSA) is 218 Å². The molecule has 1 aliphatic rings. The number of esters is 1. The maximum absolute atomic E-state index is 13.2. The number of allylic oxidation sites excluding steroid dienone is 2. The van der Waals surface area contributed by atoms with E-state index in [1.165, 1.54) is 18.2 Å². The van der Waals surface area contributed by atoms with Crippen LogP contribution in [0.25, 0.3) is 0 Å². The van der Waals surface area contributed by atoms with Gasteiger partial charge in [-0.15, -0.1) is 20.2 Å². The van der Waals surface area contributed by atoms with Gasteiger partial charge in [0.05, 0.1) is 17.8 Å². The third-order valence-corrected chi connectivity index (χ3v) is 7.17. The molecule has 18 heteroatoms. The molecular formula is C29H37F3N2O13. The highest BCUT2D eigenvalue weighted by molar-refractivity contribution is 5.69. The SMILES string of the molecule is O=C(O)CCC/C=C\C[C@@H]1[C@@H](/C=C/[C@H](COc2cccc(C(F)(F)F)c2)OC(=O)CCC[C@@H](CO[N+](=O)[O-])O[N+](=O)[O-])[C@H](O)C[C@@H]1O. The minimum Gasteiger partial charge on any atom is -0.489 e. The number of carbonyl (C=O) groups excluding carboxylic acids is 1. The van der Waals surface area contributed by atoms with Crippen molar-refractivity contribution in [2.75, 3.05) is 13.2 Å². The van der Waals surface area contributed by atoms with E-state index >= 15 is 0 Å². The molecule has 47 heavy (non-hydrogen) atoms. The molecule has 0 heterocycles. The number of carboxylic acids is 1. The molecule has 1 aromatic carbocycles. The van der Waals surface area contributed by atoms with Crippen LogP contribution in [0.15, 0.2) is 48.6 Å². The predicted molar refractivity (Wildman–Crippen MR) is 153 cm³/mol. The largest absolute Gasteiger partial charge is 0.489 e. The van der Waals surface area contributed by atoms with E-state index in [0.29, 0.717) is 19.3 Å². The quantitative estimate of drug-likeness (QED) is 0.0550. The molecule has 262 valence electrons. The van der Waals surface area contributed by atoms with Crippen LogP contribution in [0.1, 0.15) is 56.9 Å². The molecule has 1 aromatic rings. The van der Waals surface area contributed by atoms with E-state index in [2.05, 4.69) is 9.68 Å². The molecule has 1 aliphatic carbocycles. The van der Waals surface area contributed by atoms with Crippen molar-refractivity contribution in [3.63, 3.8) is 0 Å². The van der Waals surface area contributed by atoms with Gasteiger partial charge in [-0.05, 0) is 62.3 Å². The lowest BCUT2D eigenvalue weighted by Crippen LogP contribution is -2.26. The number of benzene rings is 1. The summed E-state index contributed by atoms with van der Waals surface area (Å²) in [7, 11) is 0. The average molecular weight is 679 g/mol. The van der Waals surface area contributed by atoms with Gasteiger partial charge in [-0.2, -0.15) is 13.2 Å². The van der Waals surface area contributed by atoms with Gasteiger partial charge >= 0.3 is 18.1 Å². The Bertz CT molecular complexity index is 1240. The molecule has 15 nitrogen and oxygen atoms in total. The zero-order valence-corrected chi connectivity index (χ0v) is 25.1. The Morgan fingerprint density at radius 1 is 1.04 bits per heavy atom. The maximum Gasteiger partial charge on any atom is 0.416 e. The number of aliphatic carboxylic acids is 1. The zero-order chi connectivity index (χ0) is 35.0. The van der Waals surface area contributed by atoms with Gasteiger partial charge in [-0.1, -0.05) is 24.3 Å². The number of hydrogen-bond acceptors (Lipinski definition) is 12. The lowest BCUT2D eigenvalue weighted by molar-refractivity contribution is -0.790. The van der Waals surface area contributed by atoms with E-state index in [-0.39, 0.29) is 37.9 Å². The molecule has 0 unspecified atom stereocenters. The summed E-state index contributed by atoms with van der Waals surface area (Å²) in [4.78, 5) is 52.8. The molecule has 0 bridgehead atoms. The number of alkyl halides is 3. The van der Waals surface area contributed by atoms with Crippen LogP contribution in [0.5, 0.6) is 5.75 Å². The second-order valence-electron chi connectivity index (χ2n) is 10.7. The van der Waals surface area contributed by atoms with Gasteiger partial charge in [0.1, 0.15) is 25.1 Å². The Labute approximate surface area is 266 Å². The fourth-order valence-electron chi connectivity index (χ4n) is 4.90. The van der Waals surface area contributed by atoms with E-state index in [4.69, 9.17) is 14.6 Å². The molecular weight excluding hydrogens is 641 g/mol. The molecule has 1 fully saturated rings. The molecule has 0 amide bonds. The normalized spacial score (nSPS) is 21.0. The zero-order valence-electron chi connectivity index (χ0n) is 25.1. The summed E-state index contributed by atoms with van der Waals surface area (Å²) in [6.07, 6.45) is -1.80. The maximum atomic E-state index is 13.2. The van der Waals surface area contributed by atoms with Gasteiger partial charge in [0.15, 0.2) is 6.10 Å². The summed E-state index contributed by atoms with van der Waals surface area (Å²) < 4.78 is 50.4. The van der Waals surface area contributed by atoms with Crippen LogP contribution in [0.3, 0.4) is 0 Å². The number of halogens is 3. The highest BCUT2D eigenvalue weighted by Gasteiger charge is 2.39. The minimum atomic E-state index is -4.63. The first-order valence-electron chi connectivity index (χ1n) is 14.6. The lowest BCUT2D eigenvalue weighted by Gasteiger charge is -2.21. The number of carboxylic acid groups (broad SMARTS) is 1. The predicted octanol–water partition coefficient (Wildman–Crippen LogP) is 4.07. The van der Waals surface area contributed by atoms with Gasteiger partial charge in [-0.3, -0.25) is 9.59 Å². The number of hydrogen-bond donors (Lipinski definition) is 3. The molecule has 3 N–H and O–H groups in total. The third kappa shape index (κ3) is 15.1. The lowest BCUT2D eigenvalue weighted by atomic mass is 9.89. The number of carbonyl (C=O) groups is 2. The van der Waals surface area contributed by atoms with Crippen molar-refractivity contribution in [3.05, 3.63) is 74.4 Å². The molecule has 0 aliphatic heterocycles. The average Bonchev–Trinajstić information content (AvgIpc) is 3.25. The first-order valence-corrected chi connectivity index (χ1v) is 14.6. The van der Waals surface area contributed by atoms with Crippen LogP contribution in [0, 0.1) is 32.1 Å². The fraction of sp³-hybridized carbons (Fsp3) is 0.586. The van der Waals surface area contributed by atoms with Crippen molar-refractivity contribution in [3.8, 4) is 5.75 Å². The number of ether oxygens (including phenoxy) is 2. The highest BCUT2D eigenvalue weighted by atomic mass is 19.4. The monoisotopic (exact) mass is 678 g/mol. The second kappa shape index (κ2) is 19.3. The Kier molecular flexibility index (Phi) is 15.9. The summed E-state index contributed by atoms with van der Waals surface area (Å²) in [5.41, 5.74) is -0.964. The van der Waals surface area contributed by atoms with Gasteiger partial charge in [-0.25, -0.2) is 0 Å². The van der Waals surface area contributed by atoms with Gasteiger partial charge in [0, 0.05) is 25.2 Å². The van der Waals surface area contributed by atoms with Crippen molar-refractivity contribution in [2.45, 2.75) is 82.0 Å². The van der Waals surface area contributed by atoms with Crippen molar-refractivity contribution in [1.82, 2.24) is 0 Å². The molecule has 0 spiro atoms. The first kappa shape index (κ1) is 38.7. The third-order valence-electron chi connectivity index (χ3n) is 7.17. The van der Waals surface area contributed by atoms with Gasteiger partial charge in [0.25, 0.3) is 10.2 Å². The van der Waals surface area contributed by atoms with Gasteiger partial charge in [0.2, 0.25) is 0 Å². The number of rotatable bonds is 21. The van der Waals surface area contributed by atoms with Crippen LogP contribution < -0.4 is 4.74 Å². The van der Waals surface area contributed by atoms with Crippen LogP contribution in [0.4, 0.5) is 13.2 Å².